The highest BCUT2D eigenvalue weighted by Crippen LogP contribution is 2.13. The van der Waals surface area contributed by atoms with Crippen molar-refractivity contribution in [1.82, 2.24) is 16.0 Å². The highest BCUT2D eigenvalue weighted by Gasteiger charge is 2.26. The minimum Gasteiger partial charge on any atom is -0.350 e. The van der Waals surface area contributed by atoms with Gasteiger partial charge in [0.2, 0.25) is 11.8 Å². The van der Waals surface area contributed by atoms with Gasteiger partial charge in [0.15, 0.2) is 0 Å². The summed E-state index contributed by atoms with van der Waals surface area (Å²) in [5, 5.41) is 9.04. The molecule has 29 heavy (non-hydrogen) atoms. The molecule has 2 aromatic rings. The number of hydrogen-bond donors (Lipinski definition) is 3. The summed E-state index contributed by atoms with van der Waals surface area (Å²) in [7, 11) is 0. The zero-order valence-corrected chi connectivity index (χ0v) is 17.0. The first-order valence-electron chi connectivity index (χ1n) is 9.69. The molecule has 1 fully saturated rings. The van der Waals surface area contributed by atoms with Gasteiger partial charge in [-0.1, -0.05) is 42.5 Å². The van der Waals surface area contributed by atoms with Gasteiger partial charge in [-0.2, -0.15) is 0 Å². The van der Waals surface area contributed by atoms with Crippen LogP contribution >= 0.6 is 12.4 Å². The van der Waals surface area contributed by atoms with Gasteiger partial charge in [-0.25, -0.2) is 4.39 Å². The Morgan fingerprint density at radius 2 is 1.66 bits per heavy atom. The number of piperidine rings is 1. The molecule has 0 radical (unpaired) electrons. The summed E-state index contributed by atoms with van der Waals surface area (Å²) in [4.78, 5) is 25.4. The number of benzene rings is 2. The van der Waals surface area contributed by atoms with Crippen molar-refractivity contribution in [3.05, 3.63) is 71.5 Å². The summed E-state index contributed by atoms with van der Waals surface area (Å²) in [6, 6.07) is 15.0. The van der Waals surface area contributed by atoms with Gasteiger partial charge in [-0.05, 0) is 49.2 Å². The highest BCUT2D eigenvalue weighted by atomic mass is 35.5. The van der Waals surface area contributed by atoms with Crippen molar-refractivity contribution in [3.63, 3.8) is 0 Å². The molecule has 1 atom stereocenters. The summed E-state index contributed by atoms with van der Waals surface area (Å²) in [6.45, 7) is 1.92. The molecular weight excluding hydrogens is 393 g/mol. The van der Waals surface area contributed by atoms with Gasteiger partial charge >= 0.3 is 0 Å². The Bertz CT molecular complexity index is 780. The molecule has 2 amide bonds. The highest BCUT2D eigenvalue weighted by molar-refractivity contribution is 5.88. The zero-order chi connectivity index (χ0) is 19.8. The average Bonchev–Trinajstić information content (AvgIpc) is 2.74. The van der Waals surface area contributed by atoms with E-state index in [0.717, 1.165) is 37.1 Å². The van der Waals surface area contributed by atoms with Crippen molar-refractivity contribution in [3.8, 4) is 0 Å². The third kappa shape index (κ3) is 7.15. The fourth-order valence-electron chi connectivity index (χ4n) is 3.35. The summed E-state index contributed by atoms with van der Waals surface area (Å²) in [5.41, 5.74) is 1.79. The Balaban J connectivity index is 0.00000300. The third-order valence-corrected chi connectivity index (χ3v) is 5.01. The standard InChI is InChI=1S/C22H26FN3O2.ClH/c23-19-8-6-17(7-9-19)15-25-22(28)20(14-16-4-2-1-3-5-16)26-21(27)18-10-12-24-13-11-18;/h1-9,18,20,24H,10-15H2,(H,25,28)(H,26,27);1H/t20-;/m0./s1. The first kappa shape index (κ1) is 22.8. The Morgan fingerprint density at radius 3 is 2.31 bits per heavy atom. The van der Waals surface area contributed by atoms with Crippen molar-refractivity contribution >= 4 is 24.2 Å². The Hall–Kier alpha value is -2.44. The molecule has 7 heteroatoms. The second kappa shape index (κ2) is 11.5. The van der Waals surface area contributed by atoms with E-state index in [1.54, 1.807) is 12.1 Å². The lowest BCUT2D eigenvalue weighted by Crippen LogP contribution is -2.50. The molecule has 156 valence electrons. The Kier molecular flexibility index (Phi) is 9.09. The van der Waals surface area contributed by atoms with E-state index in [1.165, 1.54) is 12.1 Å². The van der Waals surface area contributed by atoms with Crippen LogP contribution in [0.4, 0.5) is 4.39 Å². The molecule has 5 nitrogen and oxygen atoms in total. The van der Waals surface area contributed by atoms with Crippen LogP contribution in [-0.4, -0.2) is 30.9 Å². The van der Waals surface area contributed by atoms with E-state index in [4.69, 9.17) is 0 Å². The van der Waals surface area contributed by atoms with Crippen LogP contribution in [0.15, 0.2) is 54.6 Å². The van der Waals surface area contributed by atoms with Crippen LogP contribution in [0.2, 0.25) is 0 Å². The zero-order valence-electron chi connectivity index (χ0n) is 16.2. The fourth-order valence-corrected chi connectivity index (χ4v) is 3.35. The number of amides is 2. The molecule has 0 aromatic heterocycles. The van der Waals surface area contributed by atoms with E-state index in [-0.39, 0.29) is 42.5 Å². The molecule has 1 saturated heterocycles. The molecule has 3 N–H and O–H groups in total. The number of carbonyl (C=O) groups excluding carboxylic acids is 2. The van der Waals surface area contributed by atoms with E-state index in [1.807, 2.05) is 30.3 Å². The second-order valence-corrected chi connectivity index (χ2v) is 7.12. The van der Waals surface area contributed by atoms with Gasteiger partial charge in [0.05, 0.1) is 0 Å². The summed E-state index contributed by atoms with van der Waals surface area (Å²) in [6.07, 6.45) is 1.98. The molecule has 0 aliphatic carbocycles. The molecule has 0 saturated carbocycles. The lowest BCUT2D eigenvalue weighted by molar-refractivity contribution is -0.131. The van der Waals surface area contributed by atoms with Crippen LogP contribution in [0.5, 0.6) is 0 Å². The number of hydrogen-bond acceptors (Lipinski definition) is 3. The van der Waals surface area contributed by atoms with Gasteiger partial charge in [0.25, 0.3) is 0 Å². The van der Waals surface area contributed by atoms with Gasteiger partial charge < -0.3 is 16.0 Å². The Morgan fingerprint density at radius 1 is 1.00 bits per heavy atom. The normalized spacial score (nSPS) is 15.1. The number of carbonyl (C=O) groups is 2. The first-order chi connectivity index (χ1) is 13.6. The van der Waals surface area contributed by atoms with E-state index in [0.29, 0.717) is 6.42 Å². The topological polar surface area (TPSA) is 70.2 Å². The SMILES string of the molecule is Cl.O=C(N[C@@H](Cc1ccccc1)C(=O)NCc1ccc(F)cc1)C1CCNCC1. The summed E-state index contributed by atoms with van der Waals surface area (Å²) >= 11 is 0. The number of nitrogens with one attached hydrogen (secondary N) is 3. The predicted molar refractivity (Wildman–Crippen MR) is 113 cm³/mol. The molecular formula is C22H27ClFN3O2. The van der Waals surface area contributed by atoms with Crippen LogP contribution in [0.25, 0.3) is 0 Å². The number of halogens is 2. The van der Waals surface area contributed by atoms with E-state index in [9.17, 15) is 14.0 Å². The van der Waals surface area contributed by atoms with Crippen LogP contribution < -0.4 is 16.0 Å². The molecule has 1 heterocycles. The largest absolute Gasteiger partial charge is 0.350 e. The monoisotopic (exact) mass is 419 g/mol. The van der Waals surface area contributed by atoms with Gasteiger partial charge in [0.1, 0.15) is 11.9 Å². The molecule has 2 aromatic carbocycles. The predicted octanol–water partition coefficient (Wildman–Crippen LogP) is 2.59. The lowest BCUT2D eigenvalue weighted by atomic mass is 9.96. The maximum absolute atomic E-state index is 13.0. The maximum Gasteiger partial charge on any atom is 0.243 e. The summed E-state index contributed by atoms with van der Waals surface area (Å²) in [5.74, 6) is -0.689. The Labute approximate surface area is 176 Å². The third-order valence-electron chi connectivity index (χ3n) is 5.01. The van der Waals surface area contributed by atoms with E-state index < -0.39 is 6.04 Å². The fraction of sp³-hybridized carbons (Fsp3) is 0.364. The quantitative estimate of drug-likeness (QED) is 0.646. The van der Waals surface area contributed by atoms with Gasteiger partial charge in [-0.15, -0.1) is 12.4 Å². The van der Waals surface area contributed by atoms with Crippen LogP contribution in [0.3, 0.4) is 0 Å². The molecule has 1 aliphatic rings. The number of rotatable bonds is 7. The second-order valence-electron chi connectivity index (χ2n) is 7.12. The van der Waals surface area contributed by atoms with Crippen molar-refractivity contribution in [2.75, 3.05) is 13.1 Å². The van der Waals surface area contributed by atoms with E-state index in [2.05, 4.69) is 16.0 Å². The van der Waals surface area contributed by atoms with Crippen LogP contribution in [-0.2, 0) is 22.6 Å². The van der Waals surface area contributed by atoms with Crippen LogP contribution in [0.1, 0.15) is 24.0 Å². The molecule has 3 rings (SSSR count). The average molecular weight is 420 g/mol. The molecule has 0 unspecified atom stereocenters. The van der Waals surface area contributed by atoms with Crippen molar-refractivity contribution in [2.24, 2.45) is 5.92 Å². The van der Waals surface area contributed by atoms with Crippen molar-refractivity contribution in [2.45, 2.75) is 31.8 Å². The first-order valence-corrected chi connectivity index (χ1v) is 9.69. The molecule has 0 spiro atoms. The smallest absolute Gasteiger partial charge is 0.243 e. The van der Waals surface area contributed by atoms with E-state index >= 15 is 0 Å². The van der Waals surface area contributed by atoms with Gasteiger partial charge in [-0.3, -0.25) is 9.59 Å². The molecule has 0 bridgehead atoms. The lowest BCUT2D eigenvalue weighted by Gasteiger charge is -2.25. The molecule has 1 aliphatic heterocycles. The minimum atomic E-state index is -0.648. The van der Waals surface area contributed by atoms with Crippen LogP contribution in [0, 0.1) is 11.7 Å². The summed E-state index contributed by atoms with van der Waals surface area (Å²) < 4.78 is 13.0. The van der Waals surface area contributed by atoms with Gasteiger partial charge in [0, 0.05) is 18.9 Å². The maximum atomic E-state index is 13.0. The van der Waals surface area contributed by atoms with Crippen molar-refractivity contribution < 1.29 is 14.0 Å². The minimum absolute atomic E-state index is 0. The van der Waals surface area contributed by atoms with Crippen molar-refractivity contribution in [1.29, 1.82) is 0 Å².